The van der Waals surface area contributed by atoms with E-state index < -0.39 is 0 Å². The summed E-state index contributed by atoms with van der Waals surface area (Å²) in [4.78, 5) is 0. The number of benzene rings is 1. The smallest absolute Gasteiger partial charge is 0.0595 e. The van der Waals surface area contributed by atoms with Crippen molar-refractivity contribution in [3.05, 3.63) is 33.3 Å². The van der Waals surface area contributed by atoms with Crippen LogP contribution in [-0.4, -0.2) is 0 Å². The molecule has 0 radical (unpaired) electrons. The van der Waals surface area contributed by atoms with Gasteiger partial charge in [0.2, 0.25) is 0 Å². The Morgan fingerprint density at radius 1 is 1.33 bits per heavy atom. The van der Waals surface area contributed by atoms with Gasteiger partial charge in [0, 0.05) is 10.5 Å². The Balaban J connectivity index is 1.71. The number of fused-ring (bicyclic) bond motifs is 2. The van der Waals surface area contributed by atoms with Crippen LogP contribution in [-0.2, 0) is 0 Å². The number of nitrogens with two attached hydrogens (primary N) is 1. The summed E-state index contributed by atoms with van der Waals surface area (Å²) >= 11 is 9.80. The van der Waals surface area contributed by atoms with Gasteiger partial charge in [-0.05, 0) is 71.0 Å². The summed E-state index contributed by atoms with van der Waals surface area (Å²) in [6.45, 7) is 0. The first-order chi connectivity index (χ1) is 8.65. The molecule has 2 saturated carbocycles. The maximum Gasteiger partial charge on any atom is 0.0595 e. The van der Waals surface area contributed by atoms with Gasteiger partial charge < -0.3 is 5.73 Å². The normalized spacial score (nSPS) is 31.8. The highest BCUT2D eigenvalue weighted by molar-refractivity contribution is 9.10. The molecule has 0 aromatic heterocycles. The summed E-state index contributed by atoms with van der Waals surface area (Å²) in [6.07, 6.45) is 6.81. The topological polar surface area (TPSA) is 26.0 Å². The predicted octanol–water partition coefficient (Wildman–Crippen LogP) is 4.93. The molecule has 1 aromatic carbocycles. The Hall–Kier alpha value is -0.0500. The maximum atomic E-state index is 6.37. The molecule has 0 heterocycles. The zero-order valence-electron chi connectivity index (χ0n) is 10.4. The molecule has 0 amide bonds. The van der Waals surface area contributed by atoms with Gasteiger partial charge in [0.1, 0.15) is 0 Å². The quantitative estimate of drug-likeness (QED) is 0.836. The fourth-order valence-corrected chi connectivity index (χ4v) is 4.57. The molecule has 3 rings (SSSR count). The molecule has 2 fully saturated rings. The predicted molar refractivity (Wildman–Crippen MR) is 79.6 cm³/mol. The van der Waals surface area contributed by atoms with Gasteiger partial charge >= 0.3 is 0 Å². The Morgan fingerprint density at radius 3 is 2.83 bits per heavy atom. The maximum absolute atomic E-state index is 6.37. The Labute approximate surface area is 122 Å². The monoisotopic (exact) mass is 327 g/mol. The largest absolute Gasteiger partial charge is 0.324 e. The number of hydrogen-bond acceptors (Lipinski definition) is 1. The van der Waals surface area contributed by atoms with Gasteiger partial charge in [-0.1, -0.05) is 30.2 Å². The molecule has 1 nitrogen and oxygen atoms in total. The summed E-state index contributed by atoms with van der Waals surface area (Å²) in [5.41, 5.74) is 7.46. The van der Waals surface area contributed by atoms with Crippen LogP contribution in [0.3, 0.4) is 0 Å². The fraction of sp³-hybridized carbons (Fsp3) is 0.600. The van der Waals surface area contributed by atoms with Crippen molar-refractivity contribution >= 4 is 27.5 Å². The fourth-order valence-electron chi connectivity index (χ4n) is 3.93. The van der Waals surface area contributed by atoms with Crippen molar-refractivity contribution in [1.82, 2.24) is 0 Å². The highest BCUT2D eigenvalue weighted by Gasteiger charge is 2.39. The molecule has 2 aliphatic carbocycles. The minimum atomic E-state index is 0.0827. The van der Waals surface area contributed by atoms with E-state index in [0.717, 1.165) is 39.2 Å². The van der Waals surface area contributed by atoms with Crippen LogP contribution in [0.1, 0.15) is 43.7 Å². The van der Waals surface area contributed by atoms with Gasteiger partial charge in [-0.25, -0.2) is 0 Å². The van der Waals surface area contributed by atoms with Gasteiger partial charge in [-0.3, -0.25) is 0 Å². The molecule has 4 atom stereocenters. The Bertz CT molecular complexity index is 448. The van der Waals surface area contributed by atoms with E-state index >= 15 is 0 Å². The molecule has 2 bridgehead atoms. The highest BCUT2D eigenvalue weighted by atomic mass is 79.9. The van der Waals surface area contributed by atoms with E-state index in [-0.39, 0.29) is 6.04 Å². The lowest BCUT2D eigenvalue weighted by atomic mass is 9.83. The second-order valence-corrected chi connectivity index (χ2v) is 7.15. The lowest BCUT2D eigenvalue weighted by molar-refractivity contribution is 0.296. The van der Waals surface area contributed by atoms with E-state index in [1.165, 1.54) is 25.7 Å². The SMILES string of the molecule is NC(CC1CC2CCC1C2)c1cccc(Br)c1Cl. The van der Waals surface area contributed by atoms with Gasteiger partial charge in [0.25, 0.3) is 0 Å². The van der Waals surface area contributed by atoms with Crippen LogP contribution in [0, 0.1) is 17.8 Å². The van der Waals surface area contributed by atoms with E-state index in [1.54, 1.807) is 0 Å². The minimum Gasteiger partial charge on any atom is -0.324 e. The first-order valence-electron chi connectivity index (χ1n) is 6.84. The summed E-state index contributed by atoms with van der Waals surface area (Å²) in [5, 5.41) is 0.785. The third-order valence-corrected chi connectivity index (χ3v) is 6.13. The van der Waals surface area contributed by atoms with Crippen LogP contribution >= 0.6 is 27.5 Å². The molecule has 18 heavy (non-hydrogen) atoms. The summed E-state index contributed by atoms with van der Waals surface area (Å²) in [6, 6.07) is 6.13. The Kier molecular flexibility index (Phi) is 3.70. The van der Waals surface area contributed by atoms with Crippen molar-refractivity contribution in [3.8, 4) is 0 Å². The number of hydrogen-bond donors (Lipinski definition) is 1. The van der Waals surface area contributed by atoms with Crippen molar-refractivity contribution in [1.29, 1.82) is 0 Å². The molecule has 0 saturated heterocycles. The molecule has 3 heteroatoms. The zero-order chi connectivity index (χ0) is 12.7. The molecule has 1 aromatic rings. The van der Waals surface area contributed by atoms with Crippen LogP contribution < -0.4 is 5.73 Å². The van der Waals surface area contributed by atoms with Gasteiger partial charge in [-0.15, -0.1) is 0 Å². The van der Waals surface area contributed by atoms with Crippen LogP contribution in [0.25, 0.3) is 0 Å². The first-order valence-corrected chi connectivity index (χ1v) is 8.01. The number of rotatable bonds is 3. The lowest BCUT2D eigenvalue weighted by Gasteiger charge is -2.25. The highest BCUT2D eigenvalue weighted by Crippen LogP contribution is 2.51. The molecule has 0 aliphatic heterocycles. The van der Waals surface area contributed by atoms with Gasteiger partial charge in [0.05, 0.1) is 5.02 Å². The van der Waals surface area contributed by atoms with Crippen LogP contribution in [0.2, 0.25) is 5.02 Å². The minimum absolute atomic E-state index is 0.0827. The van der Waals surface area contributed by atoms with E-state index in [2.05, 4.69) is 22.0 Å². The average Bonchev–Trinajstić information content (AvgIpc) is 2.94. The first kappa shape index (κ1) is 13.0. The molecule has 2 N–H and O–H groups in total. The summed E-state index contributed by atoms with van der Waals surface area (Å²) in [5.74, 6) is 2.76. The van der Waals surface area contributed by atoms with Crippen LogP contribution in [0.5, 0.6) is 0 Å². The average molecular weight is 329 g/mol. The van der Waals surface area contributed by atoms with Crippen molar-refractivity contribution < 1.29 is 0 Å². The van der Waals surface area contributed by atoms with E-state index in [0.29, 0.717) is 0 Å². The third kappa shape index (κ3) is 2.35. The van der Waals surface area contributed by atoms with Gasteiger partial charge in [0.15, 0.2) is 0 Å². The molecular weight excluding hydrogens is 310 g/mol. The molecule has 2 aliphatic rings. The van der Waals surface area contributed by atoms with Crippen molar-refractivity contribution in [2.75, 3.05) is 0 Å². The second kappa shape index (κ2) is 5.15. The summed E-state index contributed by atoms with van der Waals surface area (Å²) in [7, 11) is 0. The van der Waals surface area contributed by atoms with Crippen LogP contribution in [0.4, 0.5) is 0 Å². The van der Waals surface area contributed by atoms with E-state index in [1.807, 2.05) is 12.1 Å². The van der Waals surface area contributed by atoms with Crippen molar-refractivity contribution in [2.24, 2.45) is 23.5 Å². The zero-order valence-corrected chi connectivity index (χ0v) is 12.8. The summed E-state index contributed by atoms with van der Waals surface area (Å²) < 4.78 is 0.949. The van der Waals surface area contributed by atoms with Crippen LogP contribution in [0.15, 0.2) is 22.7 Å². The third-order valence-electron chi connectivity index (χ3n) is 4.82. The Morgan fingerprint density at radius 2 is 2.17 bits per heavy atom. The standard InChI is InChI=1S/C15H19BrClN/c16-13-3-1-2-12(15(13)17)14(18)8-11-7-9-4-5-10(11)6-9/h1-3,9-11,14H,4-8,18H2. The molecule has 4 unspecified atom stereocenters. The van der Waals surface area contributed by atoms with Crippen molar-refractivity contribution in [2.45, 2.75) is 38.1 Å². The van der Waals surface area contributed by atoms with Crippen molar-refractivity contribution in [3.63, 3.8) is 0 Å². The second-order valence-electron chi connectivity index (χ2n) is 5.92. The number of halogens is 2. The molecule has 0 spiro atoms. The van der Waals surface area contributed by atoms with E-state index in [4.69, 9.17) is 17.3 Å². The van der Waals surface area contributed by atoms with E-state index in [9.17, 15) is 0 Å². The van der Waals surface area contributed by atoms with Gasteiger partial charge in [-0.2, -0.15) is 0 Å². The molecule has 98 valence electrons. The molecular formula is C15H19BrClN. The lowest BCUT2D eigenvalue weighted by Crippen LogP contribution is -2.19.